The number of hydrogen-bond donors (Lipinski definition) is 1. The first-order valence-electron chi connectivity index (χ1n) is 5.19. The van der Waals surface area contributed by atoms with Gasteiger partial charge >= 0.3 is 0 Å². The number of nitrogens with one attached hydrogen (secondary N) is 1. The minimum Gasteiger partial charge on any atom is -0.315 e. The van der Waals surface area contributed by atoms with Gasteiger partial charge in [-0.25, -0.2) is 4.98 Å². The number of rotatable bonds is 2. The summed E-state index contributed by atoms with van der Waals surface area (Å²) in [6.07, 6.45) is 3.27. The maximum Gasteiger partial charge on any atom is 0.0897 e. The lowest BCUT2D eigenvalue weighted by molar-refractivity contribution is 0.287. The van der Waals surface area contributed by atoms with Gasteiger partial charge in [-0.05, 0) is 26.4 Å². The topological polar surface area (TPSA) is 28.2 Å². The highest BCUT2D eigenvalue weighted by Gasteiger charge is 2.09. The first-order chi connectivity index (χ1) is 6.84. The first-order valence-corrected chi connectivity index (χ1v) is 6.00. The number of thiazole rings is 1. The van der Waals surface area contributed by atoms with E-state index in [0.29, 0.717) is 0 Å². The molecule has 0 spiro atoms. The maximum absolute atomic E-state index is 4.28. The van der Waals surface area contributed by atoms with Crippen LogP contribution in [0.5, 0.6) is 0 Å². The van der Waals surface area contributed by atoms with Crippen LogP contribution in [0.2, 0.25) is 0 Å². The predicted molar refractivity (Wildman–Crippen MR) is 59.6 cm³/mol. The van der Waals surface area contributed by atoms with E-state index in [1.165, 1.54) is 22.9 Å². The van der Waals surface area contributed by atoms with Gasteiger partial charge in [0.15, 0.2) is 0 Å². The second kappa shape index (κ2) is 4.87. The van der Waals surface area contributed by atoms with Crippen molar-refractivity contribution >= 4 is 11.3 Å². The van der Waals surface area contributed by atoms with E-state index in [9.17, 15) is 0 Å². The molecule has 1 fully saturated rings. The van der Waals surface area contributed by atoms with Crippen molar-refractivity contribution < 1.29 is 0 Å². The van der Waals surface area contributed by atoms with Crippen LogP contribution in [0.25, 0.3) is 0 Å². The van der Waals surface area contributed by atoms with E-state index in [-0.39, 0.29) is 0 Å². The molecular formula is C10H17N3S. The van der Waals surface area contributed by atoms with Crippen LogP contribution in [0.1, 0.15) is 16.3 Å². The van der Waals surface area contributed by atoms with Gasteiger partial charge in [0.25, 0.3) is 0 Å². The summed E-state index contributed by atoms with van der Waals surface area (Å²) in [4.78, 5) is 8.18. The van der Waals surface area contributed by atoms with Crippen molar-refractivity contribution in [3.05, 3.63) is 16.1 Å². The maximum atomic E-state index is 4.28. The molecule has 3 nitrogen and oxygen atoms in total. The number of hydrogen-bond acceptors (Lipinski definition) is 4. The molecule has 1 aliphatic rings. The average molecular weight is 211 g/mol. The number of aromatic nitrogens is 1. The molecule has 78 valence electrons. The molecule has 1 aromatic heterocycles. The molecule has 0 bridgehead atoms. The molecule has 2 rings (SSSR count). The Kier molecular flexibility index (Phi) is 3.50. The van der Waals surface area contributed by atoms with Gasteiger partial charge < -0.3 is 5.32 Å². The number of nitrogens with zero attached hydrogens (tertiary/aromatic N) is 2. The fourth-order valence-corrected chi connectivity index (χ4v) is 2.60. The van der Waals surface area contributed by atoms with Gasteiger partial charge in [0.2, 0.25) is 0 Å². The lowest BCUT2D eigenvalue weighted by Crippen LogP contribution is -2.27. The monoisotopic (exact) mass is 211 g/mol. The van der Waals surface area contributed by atoms with Crippen molar-refractivity contribution in [1.82, 2.24) is 15.2 Å². The number of aryl methyl sites for hydroxylation is 1. The average Bonchev–Trinajstić information content (AvgIpc) is 2.43. The minimum atomic E-state index is 1.08. The van der Waals surface area contributed by atoms with Crippen molar-refractivity contribution in [3.8, 4) is 0 Å². The zero-order chi connectivity index (χ0) is 9.80. The van der Waals surface area contributed by atoms with E-state index in [0.717, 1.165) is 26.2 Å². The molecule has 0 atom stereocenters. The largest absolute Gasteiger partial charge is 0.315 e. The molecule has 0 amide bonds. The molecule has 1 saturated heterocycles. The molecule has 2 heterocycles. The Morgan fingerprint density at radius 3 is 3.21 bits per heavy atom. The standard InChI is InChI=1S/C10H17N3S/c1-9-12-7-10(14-9)8-13-5-2-3-11-4-6-13/h7,11H,2-6,8H2,1H3. The van der Waals surface area contributed by atoms with E-state index in [4.69, 9.17) is 0 Å². The normalized spacial score (nSPS) is 19.5. The van der Waals surface area contributed by atoms with Gasteiger partial charge in [0, 0.05) is 30.7 Å². The van der Waals surface area contributed by atoms with Crippen molar-refractivity contribution in [2.45, 2.75) is 19.9 Å². The summed E-state index contributed by atoms with van der Waals surface area (Å²) in [5.74, 6) is 0. The summed E-state index contributed by atoms with van der Waals surface area (Å²) in [7, 11) is 0. The fraction of sp³-hybridized carbons (Fsp3) is 0.700. The molecule has 0 aromatic carbocycles. The van der Waals surface area contributed by atoms with Crippen LogP contribution < -0.4 is 5.32 Å². The fourth-order valence-electron chi connectivity index (χ4n) is 1.76. The Labute approximate surface area is 89.1 Å². The van der Waals surface area contributed by atoms with E-state index in [1.54, 1.807) is 0 Å². The van der Waals surface area contributed by atoms with Gasteiger partial charge in [-0.3, -0.25) is 4.90 Å². The van der Waals surface area contributed by atoms with Crippen molar-refractivity contribution in [1.29, 1.82) is 0 Å². The van der Waals surface area contributed by atoms with E-state index < -0.39 is 0 Å². The lowest BCUT2D eigenvalue weighted by Gasteiger charge is -2.17. The summed E-state index contributed by atoms with van der Waals surface area (Å²) in [5.41, 5.74) is 0. The van der Waals surface area contributed by atoms with Gasteiger partial charge in [-0.15, -0.1) is 11.3 Å². The Bertz CT molecular complexity index is 277. The Hall–Kier alpha value is -0.450. The van der Waals surface area contributed by atoms with Crippen molar-refractivity contribution in [2.75, 3.05) is 26.2 Å². The lowest BCUT2D eigenvalue weighted by atomic mass is 10.4. The quantitative estimate of drug-likeness (QED) is 0.798. The van der Waals surface area contributed by atoms with Crippen LogP contribution >= 0.6 is 11.3 Å². The summed E-state index contributed by atoms with van der Waals surface area (Å²) >= 11 is 1.82. The zero-order valence-corrected chi connectivity index (χ0v) is 9.44. The van der Waals surface area contributed by atoms with E-state index in [1.807, 2.05) is 17.5 Å². The smallest absolute Gasteiger partial charge is 0.0897 e. The molecule has 0 saturated carbocycles. The van der Waals surface area contributed by atoms with Gasteiger partial charge in [-0.1, -0.05) is 0 Å². The molecular weight excluding hydrogens is 194 g/mol. The van der Waals surface area contributed by atoms with Crippen molar-refractivity contribution in [2.24, 2.45) is 0 Å². The summed E-state index contributed by atoms with van der Waals surface area (Å²) in [6, 6.07) is 0. The van der Waals surface area contributed by atoms with Crippen LogP contribution in [0.3, 0.4) is 0 Å². The predicted octanol–water partition coefficient (Wildman–Crippen LogP) is 1.25. The molecule has 0 aliphatic carbocycles. The second-order valence-electron chi connectivity index (χ2n) is 3.73. The minimum absolute atomic E-state index is 1.08. The third-order valence-corrected chi connectivity index (χ3v) is 3.38. The molecule has 0 radical (unpaired) electrons. The van der Waals surface area contributed by atoms with Crippen LogP contribution in [-0.2, 0) is 6.54 Å². The van der Waals surface area contributed by atoms with Gasteiger partial charge in [0.1, 0.15) is 0 Å². The van der Waals surface area contributed by atoms with E-state index >= 15 is 0 Å². The van der Waals surface area contributed by atoms with Crippen molar-refractivity contribution in [3.63, 3.8) is 0 Å². The van der Waals surface area contributed by atoms with Crippen LogP contribution in [-0.4, -0.2) is 36.1 Å². The Morgan fingerprint density at radius 1 is 1.50 bits per heavy atom. The first kappa shape index (κ1) is 10.1. The van der Waals surface area contributed by atoms with Crippen LogP contribution in [0, 0.1) is 6.92 Å². The third-order valence-electron chi connectivity index (χ3n) is 2.48. The molecule has 0 unspecified atom stereocenters. The summed E-state index contributed by atoms with van der Waals surface area (Å²) in [6.45, 7) is 7.81. The van der Waals surface area contributed by atoms with Gasteiger partial charge in [-0.2, -0.15) is 0 Å². The molecule has 4 heteroatoms. The highest BCUT2D eigenvalue weighted by atomic mass is 32.1. The Morgan fingerprint density at radius 2 is 2.43 bits per heavy atom. The van der Waals surface area contributed by atoms with Crippen LogP contribution in [0.15, 0.2) is 6.20 Å². The third kappa shape index (κ3) is 2.77. The summed E-state index contributed by atoms with van der Waals surface area (Å²) < 4.78 is 0. The molecule has 1 aliphatic heterocycles. The highest BCUT2D eigenvalue weighted by molar-refractivity contribution is 7.11. The summed E-state index contributed by atoms with van der Waals surface area (Å²) in [5, 5.41) is 4.59. The highest BCUT2D eigenvalue weighted by Crippen LogP contribution is 2.14. The Balaban J connectivity index is 1.89. The molecule has 14 heavy (non-hydrogen) atoms. The molecule has 1 N–H and O–H groups in total. The van der Waals surface area contributed by atoms with Gasteiger partial charge in [0.05, 0.1) is 5.01 Å². The second-order valence-corrected chi connectivity index (χ2v) is 5.04. The van der Waals surface area contributed by atoms with Crippen LogP contribution in [0.4, 0.5) is 0 Å². The zero-order valence-electron chi connectivity index (χ0n) is 8.62. The van der Waals surface area contributed by atoms with E-state index in [2.05, 4.69) is 22.1 Å². The molecule has 1 aromatic rings. The SMILES string of the molecule is Cc1ncc(CN2CCCNCC2)s1.